The van der Waals surface area contributed by atoms with Gasteiger partial charge in [-0.15, -0.1) is 0 Å². The SMILES string of the molecule is CCC1=[C](/[Zr+2](=[CH]/c2ccc(C)cc2)[CH]2c3ccccc3-c3ccccc32)C(CC)C=C1C(C)(C)C.[Cl-].[Cl-]. The molecule has 0 saturated heterocycles. The molecule has 0 spiro atoms. The first-order chi connectivity index (χ1) is 16.8. The molecule has 3 aromatic carbocycles. The molecule has 3 aromatic rings. The number of halogens is 2. The van der Waals surface area contributed by atoms with Crippen LogP contribution in [0.1, 0.15) is 73.3 Å². The van der Waals surface area contributed by atoms with Crippen LogP contribution in [0.15, 0.2) is 93.3 Å². The fourth-order valence-corrected chi connectivity index (χ4v) is 15.4. The minimum atomic E-state index is -2.42. The zero-order valence-electron chi connectivity index (χ0n) is 22.9. The van der Waals surface area contributed by atoms with Crippen LogP contribution in [0.4, 0.5) is 0 Å². The van der Waals surface area contributed by atoms with Gasteiger partial charge in [-0.1, -0.05) is 0 Å². The molecule has 0 saturated carbocycles. The zero-order chi connectivity index (χ0) is 24.7. The quantitative estimate of drug-likeness (QED) is 0.418. The number of allylic oxidation sites excluding steroid dienone is 4. The van der Waals surface area contributed by atoms with Crippen molar-refractivity contribution >= 4 is 3.71 Å². The Hall–Kier alpha value is -1.53. The second kappa shape index (κ2) is 12.1. The third-order valence-electron chi connectivity index (χ3n) is 7.85. The molecule has 0 bridgehead atoms. The molecule has 2 aliphatic rings. The van der Waals surface area contributed by atoms with Crippen LogP contribution in [0.25, 0.3) is 11.1 Å². The summed E-state index contributed by atoms with van der Waals surface area (Å²) in [6, 6.07) is 27.7. The van der Waals surface area contributed by atoms with Gasteiger partial charge in [-0.05, 0) is 0 Å². The molecule has 1 atom stereocenters. The van der Waals surface area contributed by atoms with Crippen LogP contribution in [0.5, 0.6) is 0 Å². The van der Waals surface area contributed by atoms with E-state index in [0.29, 0.717) is 9.54 Å². The average molecular weight is 609 g/mol. The fourth-order valence-electron chi connectivity index (χ4n) is 6.20. The van der Waals surface area contributed by atoms with Crippen LogP contribution in [-0.4, -0.2) is 3.71 Å². The van der Waals surface area contributed by atoms with E-state index in [1.54, 1.807) is 22.3 Å². The number of hydrogen-bond acceptors (Lipinski definition) is 0. The second-order valence-corrected chi connectivity index (χ2v) is 16.9. The maximum atomic E-state index is 2.78. The molecule has 2 aliphatic carbocycles. The number of fused-ring (bicyclic) bond motifs is 3. The molecule has 3 heteroatoms. The van der Waals surface area contributed by atoms with E-state index >= 15 is 0 Å². The van der Waals surface area contributed by atoms with Gasteiger partial charge in [-0.2, -0.15) is 0 Å². The van der Waals surface area contributed by atoms with E-state index in [9.17, 15) is 0 Å². The average Bonchev–Trinajstić information content (AvgIpc) is 3.40. The van der Waals surface area contributed by atoms with Gasteiger partial charge in [-0.3, -0.25) is 0 Å². The molecule has 0 amide bonds. The number of aryl methyl sites for hydroxylation is 1. The van der Waals surface area contributed by atoms with Crippen molar-refractivity contribution in [1.29, 1.82) is 0 Å². The topological polar surface area (TPSA) is 0 Å². The van der Waals surface area contributed by atoms with Crippen molar-refractivity contribution in [2.24, 2.45) is 11.3 Å². The maximum Gasteiger partial charge on any atom is -1.00 e. The van der Waals surface area contributed by atoms with E-state index in [0.717, 1.165) is 6.42 Å². The summed E-state index contributed by atoms with van der Waals surface area (Å²) >= 11 is -2.42. The first-order valence-corrected chi connectivity index (χ1v) is 17.3. The van der Waals surface area contributed by atoms with Gasteiger partial charge in [0.25, 0.3) is 0 Å². The van der Waals surface area contributed by atoms with Crippen LogP contribution in [0.3, 0.4) is 0 Å². The van der Waals surface area contributed by atoms with Crippen LogP contribution in [0, 0.1) is 18.3 Å². The van der Waals surface area contributed by atoms with Crippen molar-refractivity contribution < 1.29 is 46.1 Å². The summed E-state index contributed by atoms with van der Waals surface area (Å²) in [5.41, 5.74) is 12.3. The third kappa shape index (κ3) is 5.61. The van der Waals surface area contributed by atoms with Gasteiger partial charge in [0.2, 0.25) is 0 Å². The third-order valence-corrected chi connectivity index (χ3v) is 15.7. The molecule has 1 unspecified atom stereocenters. The first-order valence-electron chi connectivity index (χ1n) is 13.3. The second-order valence-electron chi connectivity index (χ2n) is 11.2. The Bertz CT molecular complexity index is 1310. The van der Waals surface area contributed by atoms with Crippen molar-refractivity contribution in [3.05, 3.63) is 116 Å². The van der Waals surface area contributed by atoms with Gasteiger partial charge in [-0.25, -0.2) is 0 Å². The monoisotopic (exact) mass is 606 g/mol. The summed E-state index contributed by atoms with van der Waals surface area (Å²) in [5, 5.41) is 0. The molecule has 0 aliphatic heterocycles. The summed E-state index contributed by atoms with van der Waals surface area (Å²) in [5.74, 6) is 0.579. The zero-order valence-corrected chi connectivity index (χ0v) is 26.9. The van der Waals surface area contributed by atoms with Crippen molar-refractivity contribution in [2.75, 3.05) is 0 Å². The normalized spacial score (nSPS) is 16.6. The van der Waals surface area contributed by atoms with E-state index in [4.69, 9.17) is 0 Å². The maximum absolute atomic E-state index is 2.78. The molecule has 0 aromatic heterocycles. The Kier molecular flexibility index (Phi) is 9.83. The summed E-state index contributed by atoms with van der Waals surface area (Å²) in [7, 11) is 0. The van der Waals surface area contributed by atoms with E-state index < -0.39 is 21.3 Å². The summed E-state index contributed by atoms with van der Waals surface area (Å²) in [6.45, 7) is 14.2. The molecule has 0 fully saturated rings. The van der Waals surface area contributed by atoms with Gasteiger partial charge in [0.15, 0.2) is 0 Å². The first kappa shape index (κ1) is 30.0. The fraction of sp³-hybridized carbons (Fsp3) is 0.324. The Morgan fingerprint density at radius 1 is 0.784 bits per heavy atom. The van der Waals surface area contributed by atoms with Crippen LogP contribution >= 0.6 is 0 Å². The Morgan fingerprint density at radius 2 is 1.32 bits per heavy atom. The number of rotatable bonds is 5. The molecule has 0 N–H and O–H groups in total. The van der Waals surface area contributed by atoms with Crippen molar-refractivity contribution in [1.82, 2.24) is 0 Å². The van der Waals surface area contributed by atoms with Gasteiger partial charge in [0.05, 0.1) is 0 Å². The van der Waals surface area contributed by atoms with Gasteiger partial charge in [0, 0.05) is 0 Å². The summed E-state index contributed by atoms with van der Waals surface area (Å²) < 4.78 is 5.15. The van der Waals surface area contributed by atoms with E-state index in [-0.39, 0.29) is 30.2 Å². The molecular formula is C34H38Cl2Zr. The van der Waals surface area contributed by atoms with E-state index in [2.05, 4.69) is 124 Å². The standard InChI is InChI=1S/C13H9.C13H21.C8H8.2ClH.Zr/c1-3-7-12-10(5-1)9-11-6-2-4-8-13(11)12;1-6-10-8-11(7-2)12(9-10)13(3,4)5;1-7-3-5-8(2)6-4-7;;;/h1-9H;9-10H,6-7H2,1-5H3;1,3-6H,2H3;2*1H;/q;;;;;+2/p-2. The van der Waals surface area contributed by atoms with Gasteiger partial charge in [0.1, 0.15) is 0 Å². The minimum absolute atomic E-state index is 0. The summed E-state index contributed by atoms with van der Waals surface area (Å²) in [4.78, 5) is 0. The van der Waals surface area contributed by atoms with Gasteiger partial charge >= 0.3 is 221 Å². The van der Waals surface area contributed by atoms with Crippen molar-refractivity contribution in [2.45, 2.75) is 58.0 Å². The Morgan fingerprint density at radius 3 is 1.81 bits per heavy atom. The van der Waals surface area contributed by atoms with E-state index in [1.807, 2.05) is 3.28 Å². The van der Waals surface area contributed by atoms with Crippen LogP contribution < -0.4 is 24.8 Å². The largest absolute Gasteiger partial charge is 1.00 e. The molecule has 0 nitrogen and oxygen atoms in total. The predicted molar refractivity (Wildman–Crippen MR) is 149 cm³/mol. The predicted octanol–water partition coefficient (Wildman–Crippen LogP) is 3.22. The van der Waals surface area contributed by atoms with Crippen LogP contribution in [0.2, 0.25) is 0 Å². The Balaban J connectivity index is 0.00000190. The van der Waals surface area contributed by atoms with Crippen LogP contribution in [-0.2, 0) is 21.3 Å². The molecule has 37 heavy (non-hydrogen) atoms. The molecule has 0 radical (unpaired) electrons. The van der Waals surface area contributed by atoms with E-state index in [1.165, 1.54) is 28.7 Å². The minimum Gasteiger partial charge on any atom is -1.00 e. The van der Waals surface area contributed by atoms with Crippen molar-refractivity contribution in [3.63, 3.8) is 0 Å². The molecule has 5 rings (SSSR count). The molecular weight excluding hydrogens is 571 g/mol. The summed E-state index contributed by atoms with van der Waals surface area (Å²) in [6.07, 6.45) is 4.99. The molecule has 0 heterocycles. The number of benzene rings is 3. The van der Waals surface area contributed by atoms with Crippen molar-refractivity contribution in [3.8, 4) is 11.1 Å². The Labute approximate surface area is 244 Å². The smallest absolute Gasteiger partial charge is 1.00 e. The van der Waals surface area contributed by atoms with Gasteiger partial charge < -0.3 is 24.8 Å². The number of hydrogen-bond donors (Lipinski definition) is 0. The molecule has 192 valence electrons.